The van der Waals surface area contributed by atoms with Crippen LogP contribution in [0.15, 0.2) is 41.3 Å². The van der Waals surface area contributed by atoms with Crippen molar-refractivity contribution in [2.24, 2.45) is 5.92 Å². The maximum Gasteiger partial charge on any atom is 0.256 e. The van der Waals surface area contributed by atoms with Crippen molar-refractivity contribution in [3.05, 3.63) is 47.8 Å². The van der Waals surface area contributed by atoms with Crippen LogP contribution in [0.2, 0.25) is 0 Å². The second-order valence-electron chi connectivity index (χ2n) is 8.66. The molecule has 0 radical (unpaired) electrons. The number of aliphatic hydroxyl groups is 1. The Labute approximate surface area is 199 Å². The molecule has 1 unspecified atom stereocenters. The molecule has 2 aliphatic heterocycles. The number of halogens is 1. The highest BCUT2D eigenvalue weighted by Gasteiger charge is 2.30. The smallest absolute Gasteiger partial charge is 0.256 e. The summed E-state index contributed by atoms with van der Waals surface area (Å²) in [4.78, 5) is 19.1. The highest BCUT2D eigenvalue weighted by Crippen LogP contribution is 2.31. The van der Waals surface area contributed by atoms with Crippen LogP contribution in [0.5, 0.6) is 0 Å². The van der Waals surface area contributed by atoms with E-state index in [0.29, 0.717) is 61.9 Å². The Morgan fingerprint density at radius 2 is 1.79 bits per heavy atom. The molecule has 0 aliphatic carbocycles. The van der Waals surface area contributed by atoms with Crippen LogP contribution in [0, 0.1) is 11.7 Å². The first-order valence-corrected chi connectivity index (χ1v) is 12.7. The molecule has 34 heavy (non-hydrogen) atoms. The van der Waals surface area contributed by atoms with Gasteiger partial charge >= 0.3 is 0 Å². The summed E-state index contributed by atoms with van der Waals surface area (Å²) < 4.78 is 41.4. The largest absolute Gasteiger partial charge is 0.399 e. The zero-order valence-electron chi connectivity index (χ0n) is 19.1. The number of rotatable bonds is 6. The van der Waals surface area contributed by atoms with Gasteiger partial charge in [-0.1, -0.05) is 0 Å². The Morgan fingerprint density at radius 3 is 2.41 bits per heavy atom. The average Bonchev–Trinajstić information content (AvgIpc) is 3.32. The van der Waals surface area contributed by atoms with E-state index in [0.717, 1.165) is 6.42 Å². The number of hydrogen-bond donors (Lipinski definition) is 3. The predicted molar refractivity (Wildman–Crippen MR) is 129 cm³/mol. The molecule has 4 rings (SSSR count). The Kier molecular flexibility index (Phi) is 6.96. The zero-order chi connectivity index (χ0) is 24.5. The number of anilines is 3. The van der Waals surface area contributed by atoms with Gasteiger partial charge in [0.05, 0.1) is 16.1 Å². The number of carbonyl (C=O) groups excluding carboxylic acids is 1. The number of benzene rings is 2. The van der Waals surface area contributed by atoms with Crippen molar-refractivity contribution >= 4 is 33.0 Å². The number of piperazine rings is 1. The number of nitrogens with one attached hydrogen (secondary N) is 1. The fourth-order valence-corrected chi connectivity index (χ4v) is 5.30. The second-order valence-corrected chi connectivity index (χ2v) is 10.5. The average molecular weight is 492 g/mol. The number of hydrogen-bond acceptors (Lipinski definition) is 7. The van der Waals surface area contributed by atoms with Crippen LogP contribution in [-0.2, 0) is 10.0 Å². The summed E-state index contributed by atoms with van der Waals surface area (Å²) in [6, 6.07) is 9.14. The molecule has 0 bridgehead atoms. The van der Waals surface area contributed by atoms with Gasteiger partial charge in [-0.3, -0.25) is 4.79 Å². The van der Waals surface area contributed by atoms with Crippen molar-refractivity contribution < 1.29 is 22.7 Å². The minimum Gasteiger partial charge on any atom is -0.399 e. The monoisotopic (exact) mass is 491 g/mol. The van der Waals surface area contributed by atoms with Gasteiger partial charge < -0.3 is 25.5 Å². The van der Waals surface area contributed by atoms with Crippen molar-refractivity contribution in [3.63, 3.8) is 0 Å². The van der Waals surface area contributed by atoms with Crippen LogP contribution in [-0.4, -0.2) is 77.3 Å². The predicted octanol–water partition coefficient (Wildman–Crippen LogP) is 1.10. The summed E-state index contributed by atoms with van der Waals surface area (Å²) >= 11 is 0. The number of nitrogen functional groups attached to an aromatic ring is 1. The molecule has 9 nitrogen and oxygen atoms in total. The lowest BCUT2D eigenvalue weighted by molar-refractivity contribution is 0.0747. The summed E-state index contributed by atoms with van der Waals surface area (Å²) in [6.07, 6.45) is 0.798. The summed E-state index contributed by atoms with van der Waals surface area (Å²) in [6.45, 7) is 2.94. The lowest BCUT2D eigenvalue weighted by Crippen LogP contribution is -2.49. The Morgan fingerprint density at radius 1 is 1.09 bits per heavy atom. The summed E-state index contributed by atoms with van der Waals surface area (Å²) in [5, 5.41) is 9.52. The topological polar surface area (TPSA) is 119 Å². The fraction of sp³-hybridized carbons (Fsp3) is 0.435. The van der Waals surface area contributed by atoms with Gasteiger partial charge in [-0.05, 0) is 49.9 Å². The van der Waals surface area contributed by atoms with E-state index in [1.54, 1.807) is 23.1 Å². The Bertz CT molecular complexity index is 1170. The van der Waals surface area contributed by atoms with Gasteiger partial charge in [0.2, 0.25) is 10.0 Å². The van der Waals surface area contributed by atoms with E-state index in [1.807, 2.05) is 9.80 Å². The van der Waals surface area contributed by atoms with Crippen molar-refractivity contribution in [2.45, 2.75) is 11.3 Å². The fourth-order valence-electron chi connectivity index (χ4n) is 4.55. The van der Waals surface area contributed by atoms with E-state index < -0.39 is 15.8 Å². The quantitative estimate of drug-likeness (QED) is 0.518. The van der Waals surface area contributed by atoms with Gasteiger partial charge in [0, 0.05) is 63.2 Å². The molecular weight excluding hydrogens is 461 g/mol. The third-order valence-electron chi connectivity index (χ3n) is 6.54. The number of sulfonamides is 1. The zero-order valence-corrected chi connectivity index (χ0v) is 19.9. The molecule has 2 aromatic carbocycles. The normalized spacial score (nSPS) is 19.0. The Hall–Kier alpha value is -2.89. The van der Waals surface area contributed by atoms with E-state index in [2.05, 4.69) is 4.72 Å². The van der Waals surface area contributed by atoms with Gasteiger partial charge in [0.15, 0.2) is 0 Å². The number of carbonyl (C=O) groups is 1. The van der Waals surface area contributed by atoms with Crippen molar-refractivity contribution in [3.8, 4) is 0 Å². The molecule has 0 saturated carbocycles. The highest BCUT2D eigenvalue weighted by atomic mass is 32.2. The number of aliphatic hydroxyl groups excluding tert-OH is 1. The highest BCUT2D eigenvalue weighted by molar-refractivity contribution is 7.89. The molecule has 2 aliphatic rings. The first kappa shape index (κ1) is 24.2. The lowest BCUT2D eigenvalue weighted by atomic mass is 10.1. The third-order valence-corrected chi connectivity index (χ3v) is 7.95. The molecule has 2 aromatic rings. The van der Waals surface area contributed by atoms with Crippen molar-refractivity contribution in [1.82, 2.24) is 9.62 Å². The van der Waals surface area contributed by atoms with Crippen molar-refractivity contribution in [1.29, 1.82) is 0 Å². The summed E-state index contributed by atoms with van der Waals surface area (Å²) in [7, 11) is -2.41. The van der Waals surface area contributed by atoms with Gasteiger partial charge in [0.25, 0.3) is 5.91 Å². The molecule has 11 heteroatoms. The first-order chi connectivity index (χ1) is 16.2. The maximum atomic E-state index is 14.3. The lowest BCUT2D eigenvalue weighted by Gasteiger charge is -2.37. The maximum absolute atomic E-state index is 14.3. The standard InChI is InChI=1S/C23H30FN5O4S/c1-26-34(32,33)18-3-5-21(29-7-6-16(14-29)15-30)19(13-18)23(31)28-10-8-27(9-11-28)22-4-2-17(25)12-20(22)24/h2-5,12-13,16,26,30H,6-11,14-15,25H2,1H3. The Balaban J connectivity index is 1.58. The molecule has 4 N–H and O–H groups in total. The van der Waals surface area contributed by atoms with Crippen LogP contribution in [0.25, 0.3) is 0 Å². The molecule has 0 spiro atoms. The van der Waals surface area contributed by atoms with Gasteiger partial charge in [-0.25, -0.2) is 17.5 Å². The molecule has 2 saturated heterocycles. The SMILES string of the molecule is CNS(=O)(=O)c1ccc(N2CCC(CO)C2)c(C(=O)N2CCN(c3ccc(N)cc3F)CC2)c1. The molecule has 1 atom stereocenters. The molecule has 0 aromatic heterocycles. The molecule has 2 heterocycles. The van der Waals surface area contributed by atoms with E-state index >= 15 is 0 Å². The number of nitrogens with two attached hydrogens (primary N) is 1. The first-order valence-electron chi connectivity index (χ1n) is 11.3. The van der Waals surface area contributed by atoms with Gasteiger partial charge in [-0.15, -0.1) is 0 Å². The minimum atomic E-state index is -3.73. The second kappa shape index (κ2) is 9.77. The van der Waals surface area contributed by atoms with Crippen LogP contribution in [0.3, 0.4) is 0 Å². The number of nitrogens with zero attached hydrogens (tertiary/aromatic N) is 3. The van der Waals surface area contributed by atoms with Crippen molar-refractivity contribution in [2.75, 3.05) is 68.5 Å². The van der Waals surface area contributed by atoms with Gasteiger partial charge in [0.1, 0.15) is 5.82 Å². The molecule has 2 fully saturated rings. The molecule has 1 amide bonds. The van der Waals surface area contributed by atoms with Crippen LogP contribution < -0.4 is 20.3 Å². The van der Waals surface area contributed by atoms with Crippen LogP contribution >= 0.6 is 0 Å². The molecular formula is C23H30FN5O4S. The third kappa shape index (κ3) is 4.82. The van der Waals surface area contributed by atoms with E-state index in [4.69, 9.17) is 5.73 Å². The van der Waals surface area contributed by atoms with Crippen LogP contribution in [0.4, 0.5) is 21.5 Å². The van der Waals surface area contributed by atoms with Gasteiger partial charge in [-0.2, -0.15) is 0 Å². The summed E-state index contributed by atoms with van der Waals surface area (Å²) in [5.41, 5.74) is 7.40. The summed E-state index contributed by atoms with van der Waals surface area (Å²) in [5.74, 6) is -0.561. The van der Waals surface area contributed by atoms with Crippen LogP contribution in [0.1, 0.15) is 16.8 Å². The van der Waals surface area contributed by atoms with E-state index in [1.165, 1.54) is 25.2 Å². The minimum absolute atomic E-state index is 0.0163. The molecule has 184 valence electrons. The van der Waals surface area contributed by atoms with E-state index in [-0.39, 0.29) is 23.3 Å². The number of amides is 1. The van der Waals surface area contributed by atoms with E-state index in [9.17, 15) is 22.7 Å².